The molecule has 0 aliphatic rings. The Morgan fingerprint density at radius 3 is 0.742 bits per heavy atom. The van der Waals surface area contributed by atoms with Crippen LogP contribution in [0.25, 0.3) is 0 Å². The Labute approximate surface area is 194 Å². The Bertz CT molecular complexity index is 501. The summed E-state index contributed by atoms with van der Waals surface area (Å²) in [6, 6.07) is 0. The quantitative estimate of drug-likeness (QED) is 0.259. The summed E-state index contributed by atoms with van der Waals surface area (Å²) in [6.45, 7) is 11.2. The van der Waals surface area contributed by atoms with E-state index in [4.69, 9.17) is 0 Å². The van der Waals surface area contributed by atoms with Crippen LogP contribution in [0.2, 0.25) is 0 Å². The van der Waals surface area contributed by atoms with Crippen molar-refractivity contribution in [2.45, 2.75) is 80.1 Å². The van der Waals surface area contributed by atoms with E-state index in [0.717, 1.165) is 0 Å². The van der Waals surface area contributed by atoms with Crippen LogP contribution in [0.1, 0.15) is 80.1 Å². The maximum Gasteiger partial charge on any atom is 3.00 e. The topological polar surface area (TPSA) is 172 Å². The van der Waals surface area contributed by atoms with Crippen LogP contribution in [0, 0.1) is 17.8 Å². The van der Waals surface area contributed by atoms with Gasteiger partial charge in [0.25, 0.3) is 0 Å². The van der Waals surface area contributed by atoms with Crippen LogP contribution in [-0.2, 0) is 28.8 Å². The van der Waals surface area contributed by atoms with Gasteiger partial charge in [-0.2, -0.15) is 0 Å². The summed E-state index contributed by atoms with van der Waals surface area (Å²) in [5.41, 5.74) is 0. The smallest absolute Gasteiger partial charge is 0.550 e. The van der Waals surface area contributed by atoms with E-state index in [9.17, 15) is 44.1 Å². The average molecular weight is 456 g/mol. The van der Waals surface area contributed by atoms with Gasteiger partial charge in [0.2, 0.25) is 0 Å². The third-order valence-electron chi connectivity index (χ3n) is 2.93. The third kappa shape index (κ3) is 39.1. The normalized spacial score (nSPS) is 9.58. The minimum atomic E-state index is -1.29. The summed E-state index contributed by atoms with van der Waals surface area (Å²) in [5, 5.41) is 29.6. The van der Waals surface area contributed by atoms with Gasteiger partial charge in [0, 0.05) is 56.4 Å². The van der Waals surface area contributed by atoms with E-state index in [1.807, 2.05) is 41.5 Å². The van der Waals surface area contributed by atoms with E-state index in [2.05, 4.69) is 0 Å². The molecule has 0 spiro atoms. The molecule has 31 heavy (non-hydrogen) atoms. The second-order valence-electron chi connectivity index (χ2n) is 8.06. The fraction of sp³-hybridized carbons (Fsp3) is 0.714. The van der Waals surface area contributed by atoms with E-state index < -0.39 is 37.2 Å². The molecule has 0 saturated heterocycles. The summed E-state index contributed by atoms with van der Waals surface area (Å²) >= 11 is 0. The summed E-state index contributed by atoms with van der Waals surface area (Å²) in [5.74, 6) is -3.94. The number of rotatable bonds is 12. The molecule has 0 unspecified atom stereocenters. The standard InChI is InChI=1S/3C7H12O3.Al/c3*1-5(2)3-6(8)4-7(9)10;/h3*5H,3-4H2,1-2H3,(H,9,10);/q;;;+3/p-3. The molecule has 0 aliphatic carbocycles. The second kappa shape index (κ2) is 21.2. The molecule has 0 N–H and O–H groups in total. The molecule has 0 aliphatic heterocycles. The Hall–Kier alpha value is -2.05. The molecular formula is C21H33AlO9. The number of carbonyl (C=O) groups excluding carboxylic acids is 6. The van der Waals surface area contributed by atoms with Crippen molar-refractivity contribution in [3.8, 4) is 0 Å². The maximum absolute atomic E-state index is 10.6. The monoisotopic (exact) mass is 456 g/mol. The summed E-state index contributed by atoms with van der Waals surface area (Å²) in [7, 11) is 0. The average Bonchev–Trinajstić information content (AvgIpc) is 2.42. The van der Waals surface area contributed by atoms with Gasteiger partial charge in [-0.25, -0.2) is 0 Å². The van der Waals surface area contributed by atoms with Gasteiger partial charge in [-0.15, -0.1) is 0 Å². The maximum atomic E-state index is 10.6. The van der Waals surface area contributed by atoms with Crippen molar-refractivity contribution in [3.63, 3.8) is 0 Å². The molecular weight excluding hydrogens is 423 g/mol. The molecule has 0 aromatic rings. The Morgan fingerprint density at radius 2 is 0.645 bits per heavy atom. The van der Waals surface area contributed by atoms with Crippen LogP contribution in [-0.4, -0.2) is 52.6 Å². The van der Waals surface area contributed by atoms with Crippen molar-refractivity contribution < 1.29 is 44.1 Å². The molecule has 0 atom stereocenters. The third-order valence-corrected chi connectivity index (χ3v) is 2.93. The summed E-state index contributed by atoms with van der Waals surface area (Å²) in [6.07, 6.45) is -0.357. The van der Waals surface area contributed by atoms with Gasteiger partial charge in [-0.3, -0.25) is 14.4 Å². The zero-order valence-corrected chi connectivity index (χ0v) is 20.4. The molecule has 0 rings (SSSR count). The molecule has 0 bridgehead atoms. The van der Waals surface area contributed by atoms with Crippen LogP contribution in [0.15, 0.2) is 0 Å². The molecule has 0 saturated carbocycles. The van der Waals surface area contributed by atoms with Gasteiger partial charge in [0.1, 0.15) is 17.3 Å². The van der Waals surface area contributed by atoms with Gasteiger partial charge in [-0.05, 0) is 17.8 Å². The van der Waals surface area contributed by atoms with Gasteiger partial charge in [0.05, 0.1) is 0 Å². The Balaban J connectivity index is -0.000000174. The number of carboxylic acids is 3. The number of carbonyl (C=O) groups is 6. The minimum absolute atomic E-state index is 0. The van der Waals surface area contributed by atoms with E-state index in [1.54, 1.807) is 0 Å². The molecule has 0 heterocycles. The van der Waals surface area contributed by atoms with Crippen molar-refractivity contribution in [2.24, 2.45) is 17.8 Å². The van der Waals surface area contributed by atoms with Crippen LogP contribution in [0.5, 0.6) is 0 Å². The van der Waals surface area contributed by atoms with Crippen LogP contribution >= 0.6 is 0 Å². The number of carboxylic acid groups (broad SMARTS) is 3. The van der Waals surface area contributed by atoms with Crippen LogP contribution in [0.4, 0.5) is 0 Å². The fourth-order valence-electron chi connectivity index (χ4n) is 2.07. The van der Waals surface area contributed by atoms with Crippen molar-refractivity contribution in [3.05, 3.63) is 0 Å². The Morgan fingerprint density at radius 1 is 0.484 bits per heavy atom. The number of Topliss-reactive ketones (excluding diaryl/α,β-unsaturated/α-hetero) is 3. The molecule has 10 heteroatoms. The zero-order valence-electron chi connectivity index (χ0n) is 19.2. The number of ketones is 3. The first-order valence-electron chi connectivity index (χ1n) is 9.71. The largest absolute Gasteiger partial charge is 3.00 e. The second-order valence-corrected chi connectivity index (χ2v) is 8.06. The first-order valence-corrected chi connectivity index (χ1v) is 9.71. The molecule has 0 radical (unpaired) electrons. The zero-order chi connectivity index (χ0) is 24.4. The van der Waals surface area contributed by atoms with Crippen LogP contribution < -0.4 is 15.3 Å². The first-order chi connectivity index (χ1) is 13.6. The van der Waals surface area contributed by atoms with Crippen molar-refractivity contribution in [1.82, 2.24) is 0 Å². The van der Waals surface area contributed by atoms with Gasteiger partial charge in [0.15, 0.2) is 0 Å². The minimum Gasteiger partial charge on any atom is -0.550 e. The van der Waals surface area contributed by atoms with Gasteiger partial charge < -0.3 is 29.7 Å². The van der Waals surface area contributed by atoms with Gasteiger partial charge >= 0.3 is 17.4 Å². The number of aliphatic carboxylic acids is 3. The predicted molar refractivity (Wildman–Crippen MR) is 108 cm³/mol. The molecule has 0 amide bonds. The first kappa shape index (κ1) is 36.3. The van der Waals surface area contributed by atoms with Gasteiger partial charge in [-0.1, -0.05) is 41.5 Å². The van der Waals surface area contributed by atoms with E-state index in [0.29, 0.717) is 19.3 Å². The van der Waals surface area contributed by atoms with Crippen molar-refractivity contribution in [2.75, 3.05) is 0 Å². The van der Waals surface area contributed by atoms with E-state index in [-0.39, 0.29) is 52.5 Å². The number of hydrogen-bond donors (Lipinski definition) is 0. The molecule has 9 nitrogen and oxygen atoms in total. The molecule has 0 fully saturated rings. The summed E-state index contributed by atoms with van der Waals surface area (Å²) in [4.78, 5) is 61.5. The number of hydrogen-bond acceptors (Lipinski definition) is 9. The Kier molecular flexibility index (Phi) is 24.8. The van der Waals surface area contributed by atoms with Crippen LogP contribution in [0.3, 0.4) is 0 Å². The predicted octanol–water partition coefficient (Wildman–Crippen LogP) is -1.16. The summed E-state index contributed by atoms with van der Waals surface area (Å²) < 4.78 is 0. The van der Waals surface area contributed by atoms with E-state index in [1.165, 1.54) is 0 Å². The molecule has 0 aromatic heterocycles. The fourth-order valence-corrected chi connectivity index (χ4v) is 2.07. The molecule has 174 valence electrons. The molecule has 0 aromatic carbocycles. The van der Waals surface area contributed by atoms with Crippen molar-refractivity contribution >= 4 is 52.6 Å². The van der Waals surface area contributed by atoms with E-state index >= 15 is 0 Å². The SMILES string of the molecule is CC(C)CC(=O)CC(=O)[O-].CC(C)CC(=O)CC(=O)[O-].CC(C)CC(=O)CC(=O)[O-].[Al+3]. The van der Waals surface area contributed by atoms with Crippen molar-refractivity contribution in [1.29, 1.82) is 0 Å².